The van der Waals surface area contributed by atoms with Gasteiger partial charge >= 0.3 is 0 Å². The second kappa shape index (κ2) is 3.71. The number of ketones is 1. The van der Waals surface area contributed by atoms with Crippen molar-refractivity contribution >= 4 is 27.7 Å². The van der Waals surface area contributed by atoms with E-state index in [4.69, 9.17) is 9.47 Å². The van der Waals surface area contributed by atoms with E-state index in [-0.39, 0.29) is 5.78 Å². The normalized spacial score (nSPS) is 11.3. The fourth-order valence-electron chi connectivity index (χ4n) is 2.52. The average molecular weight is 262 g/mol. The number of nitrogens with one attached hydrogen (secondary N) is 1. The van der Waals surface area contributed by atoms with E-state index in [1.165, 1.54) is 14.0 Å². The Morgan fingerprint density at radius 2 is 2.21 bits per heavy atom. The zero-order valence-corrected chi connectivity index (χ0v) is 10.7. The first kappa shape index (κ1) is 11.5. The molecular formula is C12H12N3O4+. The highest BCUT2D eigenvalue weighted by atomic mass is 16.7. The predicted molar refractivity (Wildman–Crippen MR) is 66.7 cm³/mol. The molecule has 1 aromatic carbocycles. The van der Waals surface area contributed by atoms with E-state index < -0.39 is 0 Å². The first-order chi connectivity index (χ1) is 9.06. The molecule has 0 atom stereocenters. The fraction of sp³-hybridized carbons (Fsp3) is 0.250. The highest BCUT2D eigenvalue weighted by Crippen LogP contribution is 2.30. The Kier molecular flexibility index (Phi) is 2.25. The van der Waals surface area contributed by atoms with Gasteiger partial charge in [0.2, 0.25) is 5.52 Å². The molecule has 2 aromatic heterocycles. The van der Waals surface area contributed by atoms with Crippen molar-refractivity contribution < 1.29 is 18.9 Å². The number of carbonyl (C=O) groups is 1. The molecular weight excluding hydrogens is 250 g/mol. The van der Waals surface area contributed by atoms with Crippen molar-refractivity contribution in [1.82, 2.24) is 9.89 Å². The van der Waals surface area contributed by atoms with Gasteiger partial charge in [-0.1, -0.05) is 9.79 Å². The minimum atomic E-state index is -0.0992. The number of hydrogen-bond donors (Lipinski definition) is 1. The third kappa shape index (κ3) is 1.35. The van der Waals surface area contributed by atoms with Gasteiger partial charge < -0.3 is 4.84 Å². The summed E-state index contributed by atoms with van der Waals surface area (Å²) >= 11 is 0. The van der Waals surface area contributed by atoms with Crippen LogP contribution in [0.25, 0.3) is 21.9 Å². The molecule has 7 heteroatoms. The van der Waals surface area contributed by atoms with Crippen molar-refractivity contribution in [2.24, 2.45) is 0 Å². The number of carbonyl (C=O) groups excluding carboxylic acids is 1. The zero-order valence-electron chi connectivity index (χ0n) is 10.7. The van der Waals surface area contributed by atoms with Gasteiger partial charge in [-0.15, -0.1) is 0 Å². The molecule has 0 saturated heterocycles. The maximum Gasteiger partial charge on any atom is 0.273 e. The van der Waals surface area contributed by atoms with Gasteiger partial charge in [0.05, 0.1) is 22.2 Å². The third-order valence-corrected chi connectivity index (χ3v) is 3.26. The molecule has 3 rings (SSSR count). The van der Waals surface area contributed by atoms with Crippen molar-refractivity contribution in [2.45, 2.75) is 13.8 Å². The molecule has 0 bridgehead atoms. The zero-order chi connectivity index (χ0) is 13.7. The van der Waals surface area contributed by atoms with Gasteiger partial charge in [0.15, 0.2) is 10.4 Å². The number of nitrogens with zero attached hydrogens (tertiary/aromatic N) is 2. The molecule has 0 aliphatic carbocycles. The van der Waals surface area contributed by atoms with E-state index in [9.17, 15) is 9.70 Å². The van der Waals surface area contributed by atoms with E-state index in [2.05, 4.69) is 5.16 Å². The number of H-pyrrole nitrogens is 1. The number of fused-ring (bicyclic) bond motifs is 3. The Morgan fingerprint density at radius 1 is 1.47 bits per heavy atom. The molecule has 2 heterocycles. The molecule has 19 heavy (non-hydrogen) atoms. The summed E-state index contributed by atoms with van der Waals surface area (Å²) in [7, 11) is 1.52. The van der Waals surface area contributed by atoms with Gasteiger partial charge in [-0.2, -0.15) is 4.73 Å². The molecule has 0 aliphatic rings. The quantitative estimate of drug-likeness (QED) is 0.703. The van der Waals surface area contributed by atoms with Crippen LogP contribution in [-0.4, -0.2) is 22.8 Å². The molecule has 3 aromatic rings. The number of hydrogen-bond acceptors (Lipinski definition) is 4. The predicted octanol–water partition coefficient (Wildman–Crippen LogP) is 1.20. The van der Waals surface area contributed by atoms with Crippen LogP contribution in [0.4, 0.5) is 0 Å². The Labute approximate surface area is 106 Å². The number of aromatic nitrogens is 3. The van der Waals surface area contributed by atoms with Crippen molar-refractivity contribution in [2.75, 3.05) is 7.11 Å². The van der Waals surface area contributed by atoms with Crippen LogP contribution in [0.15, 0.2) is 16.8 Å². The molecule has 7 nitrogen and oxygen atoms in total. The van der Waals surface area contributed by atoms with E-state index in [1.807, 2.05) is 0 Å². The first-order valence-corrected chi connectivity index (χ1v) is 5.70. The summed E-state index contributed by atoms with van der Waals surface area (Å²) in [4.78, 5) is 28.6. The summed E-state index contributed by atoms with van der Waals surface area (Å²) in [5.41, 5.74) is 2.72. The van der Waals surface area contributed by atoms with E-state index in [0.717, 1.165) is 0 Å². The standard InChI is InChI=1S/C12H12N3O4/c1-6-10(7(2)16)11-8(14(6)18-3)4-5-9-12(11)13-19-15(9)17/h4-5,13H,1-3H3/q+1. The smallest absolute Gasteiger partial charge is 0.273 e. The van der Waals surface area contributed by atoms with E-state index in [1.54, 1.807) is 23.8 Å². The SMILES string of the molecule is COn1c(C)c(C(C)=O)c2c3[nH]o[n+](=O)c3ccc21. The summed E-state index contributed by atoms with van der Waals surface area (Å²) < 4.78 is 6.65. The molecule has 0 unspecified atom stereocenters. The maximum absolute atomic E-state index is 11.9. The summed E-state index contributed by atoms with van der Waals surface area (Å²) in [5.74, 6) is -0.0992. The summed E-state index contributed by atoms with van der Waals surface area (Å²) in [6.07, 6.45) is 0. The average Bonchev–Trinajstić information content (AvgIpc) is 2.87. The first-order valence-electron chi connectivity index (χ1n) is 5.70. The summed E-state index contributed by atoms with van der Waals surface area (Å²) in [5, 5.41) is 3.17. The van der Waals surface area contributed by atoms with Gasteiger partial charge in [-0.3, -0.25) is 4.79 Å². The molecule has 0 saturated carbocycles. The lowest BCUT2D eigenvalue weighted by Gasteiger charge is -2.04. The number of aromatic amines is 1. The van der Waals surface area contributed by atoms with Crippen LogP contribution in [0.1, 0.15) is 23.0 Å². The highest BCUT2D eigenvalue weighted by molar-refractivity contribution is 6.16. The van der Waals surface area contributed by atoms with E-state index >= 15 is 0 Å². The third-order valence-electron chi connectivity index (χ3n) is 3.26. The molecule has 98 valence electrons. The van der Waals surface area contributed by atoms with Gasteiger partial charge in [0.1, 0.15) is 7.11 Å². The lowest BCUT2D eigenvalue weighted by Crippen LogP contribution is -2.09. The molecule has 0 spiro atoms. The number of rotatable bonds is 2. The monoisotopic (exact) mass is 262 g/mol. The van der Waals surface area contributed by atoms with Crippen LogP contribution in [0.3, 0.4) is 0 Å². The Hall–Kier alpha value is -2.57. The second-order valence-corrected chi connectivity index (χ2v) is 4.30. The van der Waals surface area contributed by atoms with E-state index in [0.29, 0.717) is 37.8 Å². The summed E-state index contributed by atoms with van der Waals surface area (Å²) in [6.45, 7) is 3.27. The number of Topliss-reactive ketones (excluding diaryl/α,β-unsaturated/α-hetero) is 1. The van der Waals surface area contributed by atoms with Gasteiger partial charge in [0.25, 0.3) is 5.52 Å². The van der Waals surface area contributed by atoms with Crippen LogP contribution in [0.2, 0.25) is 0 Å². The fourth-order valence-corrected chi connectivity index (χ4v) is 2.52. The minimum absolute atomic E-state index is 0.0992. The van der Waals surface area contributed by atoms with Crippen LogP contribution in [0, 0.1) is 11.8 Å². The van der Waals surface area contributed by atoms with Crippen LogP contribution in [0.5, 0.6) is 0 Å². The molecule has 0 radical (unpaired) electrons. The van der Waals surface area contributed by atoms with Gasteiger partial charge in [-0.25, -0.2) is 0 Å². The maximum atomic E-state index is 11.9. The number of benzene rings is 1. The Balaban J connectivity index is 2.64. The van der Waals surface area contributed by atoms with Gasteiger partial charge in [0, 0.05) is 6.07 Å². The molecule has 0 amide bonds. The van der Waals surface area contributed by atoms with Crippen molar-refractivity contribution in [1.29, 1.82) is 0 Å². The van der Waals surface area contributed by atoms with Crippen LogP contribution >= 0.6 is 0 Å². The Bertz CT molecular complexity index is 868. The van der Waals surface area contributed by atoms with Gasteiger partial charge in [-0.05, 0) is 24.8 Å². The summed E-state index contributed by atoms with van der Waals surface area (Å²) in [6, 6.07) is 3.34. The topological polar surface area (TPSA) is 83.1 Å². The minimum Gasteiger partial charge on any atom is -0.417 e. The molecule has 0 fully saturated rings. The molecule has 0 aliphatic heterocycles. The molecule has 1 N–H and O–H groups in total. The lowest BCUT2D eigenvalue weighted by molar-refractivity contribution is -0.692. The van der Waals surface area contributed by atoms with Crippen molar-refractivity contribution in [3.63, 3.8) is 0 Å². The second-order valence-electron chi connectivity index (χ2n) is 4.30. The lowest BCUT2D eigenvalue weighted by atomic mass is 10.1. The van der Waals surface area contributed by atoms with Crippen molar-refractivity contribution in [3.8, 4) is 0 Å². The largest absolute Gasteiger partial charge is 0.417 e. The Morgan fingerprint density at radius 3 is 2.84 bits per heavy atom. The van der Waals surface area contributed by atoms with Crippen LogP contribution in [-0.2, 0) is 0 Å². The van der Waals surface area contributed by atoms with Crippen molar-refractivity contribution in [3.05, 3.63) is 28.3 Å². The van der Waals surface area contributed by atoms with Crippen LogP contribution < -0.4 is 9.44 Å². The highest BCUT2D eigenvalue weighted by Gasteiger charge is 2.25.